The average Bonchev–Trinajstić information content (AvgIpc) is 3.00. The van der Waals surface area contributed by atoms with Crippen LogP contribution in [0.5, 0.6) is 5.75 Å². The van der Waals surface area contributed by atoms with E-state index >= 15 is 0 Å². The summed E-state index contributed by atoms with van der Waals surface area (Å²) in [5, 5.41) is 2.57. The molecule has 182 valence electrons. The van der Waals surface area contributed by atoms with Gasteiger partial charge in [0, 0.05) is 32.1 Å². The van der Waals surface area contributed by atoms with E-state index in [4.69, 9.17) is 4.74 Å². The van der Waals surface area contributed by atoms with Gasteiger partial charge in [-0.2, -0.15) is 0 Å². The first kappa shape index (κ1) is 25.2. The lowest BCUT2D eigenvalue weighted by Crippen LogP contribution is -2.43. The monoisotopic (exact) mass is 478 g/mol. The standard InChI is InChI=1S/C24H25F3N2O5/c1-16-7-3-5-9-18(16)23(14-21(31)29(22(23)32)11-12-33-2)13-20(30)28-15-17-8-4-6-10-19(17)34-24(25,26)27/h3-10H,11-15H2,1-2H3,(H,28,30)/t23-/m0/s1. The fraction of sp³-hybridized carbons (Fsp3) is 0.375. The molecule has 34 heavy (non-hydrogen) atoms. The van der Waals surface area contributed by atoms with Crippen LogP contribution < -0.4 is 10.1 Å². The number of halogens is 3. The second-order valence-corrected chi connectivity index (χ2v) is 8.03. The van der Waals surface area contributed by atoms with E-state index in [-0.39, 0.29) is 38.1 Å². The van der Waals surface area contributed by atoms with Crippen molar-refractivity contribution >= 4 is 17.7 Å². The number of likely N-dealkylation sites (tertiary alicyclic amines) is 1. The fourth-order valence-electron chi connectivity index (χ4n) is 4.17. The minimum Gasteiger partial charge on any atom is -0.405 e. The van der Waals surface area contributed by atoms with Crippen molar-refractivity contribution in [1.29, 1.82) is 0 Å². The summed E-state index contributed by atoms with van der Waals surface area (Å²) in [5.74, 6) is -1.93. The molecule has 1 aliphatic heterocycles. The number of imide groups is 1. The highest BCUT2D eigenvalue weighted by atomic mass is 19.4. The maximum atomic E-state index is 13.4. The highest BCUT2D eigenvalue weighted by Crippen LogP contribution is 2.41. The van der Waals surface area contributed by atoms with Gasteiger partial charge in [0.15, 0.2) is 0 Å². The zero-order chi connectivity index (χ0) is 24.9. The van der Waals surface area contributed by atoms with Crippen molar-refractivity contribution in [3.8, 4) is 5.75 Å². The number of methoxy groups -OCH3 is 1. The van der Waals surface area contributed by atoms with Gasteiger partial charge in [0.1, 0.15) is 5.75 Å². The molecule has 1 atom stereocenters. The summed E-state index contributed by atoms with van der Waals surface area (Å²) in [4.78, 5) is 40.2. The number of aryl methyl sites for hydroxylation is 1. The Balaban J connectivity index is 1.84. The minimum absolute atomic E-state index is 0.0611. The lowest BCUT2D eigenvalue weighted by Gasteiger charge is -2.28. The number of hydrogen-bond donors (Lipinski definition) is 1. The SMILES string of the molecule is COCCN1C(=O)C[C@@](CC(=O)NCc2ccccc2OC(F)(F)F)(c2ccccc2C)C1=O. The van der Waals surface area contributed by atoms with Crippen LogP contribution in [0, 0.1) is 6.92 Å². The van der Waals surface area contributed by atoms with Gasteiger partial charge in [-0.1, -0.05) is 42.5 Å². The first-order valence-electron chi connectivity index (χ1n) is 10.6. The van der Waals surface area contributed by atoms with Crippen LogP contribution in [0.2, 0.25) is 0 Å². The molecular formula is C24H25F3N2O5. The van der Waals surface area contributed by atoms with Gasteiger partial charge in [-0.15, -0.1) is 13.2 Å². The molecule has 1 aliphatic rings. The van der Waals surface area contributed by atoms with Gasteiger partial charge < -0.3 is 14.8 Å². The van der Waals surface area contributed by atoms with Gasteiger partial charge in [-0.3, -0.25) is 19.3 Å². The van der Waals surface area contributed by atoms with Gasteiger partial charge >= 0.3 is 6.36 Å². The molecule has 0 unspecified atom stereocenters. The summed E-state index contributed by atoms with van der Waals surface area (Å²) in [6.45, 7) is 1.76. The average molecular weight is 478 g/mol. The number of amides is 3. The van der Waals surface area contributed by atoms with Gasteiger partial charge in [0.05, 0.1) is 18.6 Å². The van der Waals surface area contributed by atoms with Gasteiger partial charge in [0.25, 0.3) is 0 Å². The van der Waals surface area contributed by atoms with Gasteiger partial charge in [-0.05, 0) is 24.1 Å². The van der Waals surface area contributed by atoms with E-state index < -0.39 is 35.2 Å². The normalized spacial score (nSPS) is 18.3. The van der Waals surface area contributed by atoms with E-state index in [1.54, 1.807) is 31.2 Å². The van der Waals surface area contributed by atoms with Crippen molar-refractivity contribution in [3.63, 3.8) is 0 Å². The molecule has 0 radical (unpaired) electrons. The summed E-state index contributed by atoms with van der Waals surface area (Å²) in [5.41, 5.74) is 0.00856. The number of alkyl halides is 3. The Morgan fingerprint density at radius 2 is 1.79 bits per heavy atom. The number of benzene rings is 2. The molecule has 0 aromatic heterocycles. The Morgan fingerprint density at radius 1 is 1.12 bits per heavy atom. The van der Waals surface area contributed by atoms with E-state index in [2.05, 4.69) is 10.1 Å². The van der Waals surface area contributed by atoms with E-state index in [9.17, 15) is 27.6 Å². The van der Waals surface area contributed by atoms with E-state index in [0.29, 0.717) is 5.56 Å². The highest BCUT2D eigenvalue weighted by Gasteiger charge is 2.54. The Hall–Kier alpha value is -3.40. The van der Waals surface area contributed by atoms with Crippen molar-refractivity contribution in [2.45, 2.75) is 38.1 Å². The molecule has 10 heteroatoms. The van der Waals surface area contributed by atoms with Crippen molar-refractivity contribution in [2.24, 2.45) is 0 Å². The summed E-state index contributed by atoms with van der Waals surface area (Å²) >= 11 is 0. The Labute approximate surface area is 194 Å². The minimum atomic E-state index is -4.88. The van der Waals surface area contributed by atoms with Crippen molar-refractivity contribution < 1.29 is 37.0 Å². The highest BCUT2D eigenvalue weighted by molar-refractivity contribution is 6.11. The molecule has 0 aliphatic carbocycles. The summed E-state index contributed by atoms with van der Waals surface area (Å²) in [6.07, 6.45) is -5.41. The second-order valence-electron chi connectivity index (χ2n) is 8.03. The molecule has 0 spiro atoms. The Morgan fingerprint density at radius 3 is 2.47 bits per heavy atom. The Kier molecular flexibility index (Phi) is 7.61. The van der Waals surface area contributed by atoms with E-state index in [1.807, 2.05) is 0 Å². The van der Waals surface area contributed by atoms with Crippen LogP contribution in [0.4, 0.5) is 13.2 Å². The number of nitrogens with one attached hydrogen (secondary N) is 1. The molecule has 3 rings (SSSR count). The summed E-state index contributed by atoms with van der Waals surface area (Å²) in [7, 11) is 1.45. The van der Waals surface area contributed by atoms with Crippen LogP contribution in [0.15, 0.2) is 48.5 Å². The zero-order valence-corrected chi connectivity index (χ0v) is 18.8. The number of carbonyl (C=O) groups is 3. The third kappa shape index (κ3) is 5.56. The molecular weight excluding hydrogens is 453 g/mol. The molecule has 2 aromatic carbocycles. The third-order valence-electron chi connectivity index (χ3n) is 5.72. The van der Waals surface area contributed by atoms with Crippen LogP contribution >= 0.6 is 0 Å². The van der Waals surface area contributed by atoms with Gasteiger partial charge in [0.2, 0.25) is 17.7 Å². The van der Waals surface area contributed by atoms with Crippen LogP contribution in [-0.2, 0) is 31.1 Å². The summed E-state index contributed by atoms with van der Waals surface area (Å²) < 4.78 is 47.0. The summed E-state index contributed by atoms with van der Waals surface area (Å²) in [6, 6.07) is 12.5. The number of para-hydroxylation sites is 1. The maximum absolute atomic E-state index is 13.4. The fourth-order valence-corrected chi connectivity index (χ4v) is 4.17. The molecule has 7 nitrogen and oxygen atoms in total. The molecule has 0 saturated carbocycles. The molecule has 0 bridgehead atoms. The molecule has 1 heterocycles. The first-order valence-corrected chi connectivity index (χ1v) is 10.6. The quantitative estimate of drug-likeness (QED) is 0.560. The Bertz CT molecular complexity index is 1070. The van der Waals surface area contributed by atoms with Crippen molar-refractivity contribution in [3.05, 3.63) is 65.2 Å². The van der Waals surface area contributed by atoms with Crippen molar-refractivity contribution in [1.82, 2.24) is 10.2 Å². The topological polar surface area (TPSA) is 84.9 Å². The molecule has 2 aromatic rings. The van der Waals surface area contributed by atoms with E-state index in [0.717, 1.165) is 16.5 Å². The van der Waals surface area contributed by atoms with Crippen LogP contribution in [-0.4, -0.2) is 49.2 Å². The maximum Gasteiger partial charge on any atom is 0.573 e. The largest absolute Gasteiger partial charge is 0.573 e. The van der Waals surface area contributed by atoms with Gasteiger partial charge in [-0.25, -0.2) is 0 Å². The molecule has 1 fully saturated rings. The number of ether oxygens (including phenoxy) is 2. The number of rotatable bonds is 9. The lowest BCUT2D eigenvalue weighted by molar-refractivity contribution is -0.274. The second kappa shape index (κ2) is 10.3. The van der Waals surface area contributed by atoms with Crippen molar-refractivity contribution in [2.75, 3.05) is 20.3 Å². The third-order valence-corrected chi connectivity index (χ3v) is 5.72. The van der Waals surface area contributed by atoms with Crippen LogP contribution in [0.1, 0.15) is 29.5 Å². The molecule has 1 saturated heterocycles. The van der Waals surface area contributed by atoms with Crippen LogP contribution in [0.25, 0.3) is 0 Å². The zero-order valence-electron chi connectivity index (χ0n) is 18.8. The van der Waals surface area contributed by atoms with Crippen LogP contribution in [0.3, 0.4) is 0 Å². The number of carbonyl (C=O) groups excluding carboxylic acids is 3. The number of hydrogen-bond acceptors (Lipinski definition) is 5. The lowest BCUT2D eigenvalue weighted by atomic mass is 9.74. The predicted molar refractivity (Wildman–Crippen MR) is 116 cm³/mol. The molecule has 1 N–H and O–H groups in total. The molecule has 3 amide bonds. The first-order chi connectivity index (χ1) is 16.1. The number of nitrogens with zero attached hydrogens (tertiary/aromatic N) is 1. The predicted octanol–water partition coefficient (Wildman–Crippen LogP) is 3.24. The van der Waals surface area contributed by atoms with E-state index in [1.165, 1.54) is 25.3 Å². The smallest absolute Gasteiger partial charge is 0.405 e.